The van der Waals surface area contributed by atoms with E-state index in [-0.39, 0.29) is 5.91 Å². The van der Waals surface area contributed by atoms with Gasteiger partial charge in [-0.3, -0.25) is 4.79 Å². The van der Waals surface area contributed by atoms with Crippen molar-refractivity contribution < 1.29 is 19.4 Å². The third-order valence-electron chi connectivity index (χ3n) is 3.31. The molecule has 108 valence electrons. The molecule has 1 amide bonds. The Morgan fingerprint density at radius 3 is 2.80 bits per heavy atom. The molecule has 1 aliphatic rings. The topological polar surface area (TPSA) is 66.8 Å². The van der Waals surface area contributed by atoms with E-state index in [0.29, 0.717) is 30.2 Å². The predicted octanol–water partition coefficient (Wildman–Crippen LogP) is 2.18. The molecule has 0 bridgehead atoms. The van der Waals surface area contributed by atoms with E-state index in [1.54, 1.807) is 31.2 Å². The average molecular weight is 298 g/mol. The first-order valence-electron chi connectivity index (χ1n) is 6.45. The number of carbonyl (C=O) groups excluding carboxylic acids is 1. The summed E-state index contributed by atoms with van der Waals surface area (Å²) >= 11 is 5.97. The number of carboxylic acids is 1. The molecule has 1 N–H and O–H groups in total. The first-order valence-corrected chi connectivity index (χ1v) is 6.83. The molecule has 1 aromatic rings. The number of aliphatic carboxylic acids is 1. The Morgan fingerprint density at radius 1 is 1.45 bits per heavy atom. The Morgan fingerprint density at radius 2 is 2.15 bits per heavy atom. The third kappa shape index (κ3) is 3.04. The van der Waals surface area contributed by atoms with Crippen LogP contribution in [0.4, 0.5) is 0 Å². The number of para-hydroxylation sites is 1. The molecule has 1 heterocycles. The number of nitrogens with zero attached hydrogens (tertiary/aromatic N) is 1. The van der Waals surface area contributed by atoms with Crippen LogP contribution in [0.3, 0.4) is 0 Å². The lowest BCUT2D eigenvalue weighted by atomic mass is 10.2. The standard InChI is InChI=1S/C14H16ClNO4/c1-9(20-12-7-3-2-5-10(12)15)13(17)16-8-4-6-11(16)14(18)19/h2-3,5,7,9,11H,4,6,8H2,1H3,(H,18,19)/t9?,11-/m1/s1. The van der Waals surface area contributed by atoms with Gasteiger partial charge in [-0.25, -0.2) is 4.79 Å². The predicted molar refractivity (Wildman–Crippen MR) is 73.9 cm³/mol. The smallest absolute Gasteiger partial charge is 0.326 e. The van der Waals surface area contributed by atoms with Crippen LogP contribution in [0.1, 0.15) is 19.8 Å². The highest BCUT2D eigenvalue weighted by Gasteiger charge is 2.36. The normalized spacial score (nSPS) is 19.7. The van der Waals surface area contributed by atoms with Gasteiger partial charge in [0.05, 0.1) is 5.02 Å². The van der Waals surface area contributed by atoms with Crippen molar-refractivity contribution in [3.05, 3.63) is 29.3 Å². The van der Waals surface area contributed by atoms with Gasteiger partial charge in [0, 0.05) is 6.54 Å². The van der Waals surface area contributed by atoms with E-state index in [0.717, 1.165) is 0 Å². The van der Waals surface area contributed by atoms with E-state index in [1.807, 2.05) is 0 Å². The molecule has 2 atom stereocenters. The van der Waals surface area contributed by atoms with E-state index >= 15 is 0 Å². The second kappa shape index (κ2) is 6.13. The van der Waals surface area contributed by atoms with Crippen molar-refractivity contribution in [3.8, 4) is 5.75 Å². The SMILES string of the molecule is CC(Oc1ccccc1Cl)C(=O)N1CCC[C@@H]1C(=O)O. The Hall–Kier alpha value is -1.75. The lowest BCUT2D eigenvalue weighted by Gasteiger charge is -2.25. The second-order valence-electron chi connectivity index (χ2n) is 4.72. The van der Waals surface area contributed by atoms with E-state index in [9.17, 15) is 9.59 Å². The van der Waals surface area contributed by atoms with Gasteiger partial charge in [0.2, 0.25) is 0 Å². The van der Waals surface area contributed by atoms with Gasteiger partial charge in [0.15, 0.2) is 6.10 Å². The highest BCUT2D eigenvalue weighted by atomic mass is 35.5. The Labute approximate surface area is 122 Å². The summed E-state index contributed by atoms with van der Waals surface area (Å²) in [4.78, 5) is 24.7. The number of hydrogen-bond donors (Lipinski definition) is 1. The first kappa shape index (κ1) is 14.7. The number of benzene rings is 1. The van der Waals surface area contributed by atoms with Crippen molar-refractivity contribution in [2.75, 3.05) is 6.54 Å². The van der Waals surface area contributed by atoms with E-state index < -0.39 is 18.1 Å². The van der Waals surface area contributed by atoms with Crippen LogP contribution in [0, 0.1) is 0 Å². The first-order chi connectivity index (χ1) is 9.50. The molecule has 1 aromatic carbocycles. The maximum atomic E-state index is 12.3. The van der Waals surface area contributed by atoms with Crippen LogP contribution >= 0.6 is 11.6 Å². The summed E-state index contributed by atoms with van der Waals surface area (Å²) in [6.07, 6.45) is 0.413. The lowest BCUT2D eigenvalue weighted by Crippen LogP contribution is -2.46. The zero-order valence-corrected chi connectivity index (χ0v) is 11.8. The molecule has 20 heavy (non-hydrogen) atoms. The fraction of sp³-hybridized carbons (Fsp3) is 0.429. The third-order valence-corrected chi connectivity index (χ3v) is 3.62. The van der Waals surface area contributed by atoms with Crippen LogP contribution in [0.25, 0.3) is 0 Å². The number of carbonyl (C=O) groups is 2. The monoisotopic (exact) mass is 297 g/mol. The minimum atomic E-state index is -0.971. The number of amides is 1. The number of ether oxygens (including phenoxy) is 1. The summed E-state index contributed by atoms with van der Waals surface area (Å²) in [7, 11) is 0. The van der Waals surface area contributed by atoms with Crippen LogP contribution in [0.15, 0.2) is 24.3 Å². The van der Waals surface area contributed by atoms with Crippen molar-refractivity contribution >= 4 is 23.5 Å². The van der Waals surface area contributed by atoms with Crippen molar-refractivity contribution in [2.24, 2.45) is 0 Å². The van der Waals surface area contributed by atoms with Gasteiger partial charge in [0.1, 0.15) is 11.8 Å². The Kier molecular flexibility index (Phi) is 4.49. The van der Waals surface area contributed by atoms with Crippen LogP contribution in [-0.2, 0) is 9.59 Å². The Balaban J connectivity index is 2.05. The molecule has 6 heteroatoms. The van der Waals surface area contributed by atoms with Crippen molar-refractivity contribution in [1.82, 2.24) is 4.90 Å². The van der Waals surface area contributed by atoms with E-state index in [4.69, 9.17) is 21.4 Å². The number of hydrogen-bond acceptors (Lipinski definition) is 3. The fourth-order valence-corrected chi connectivity index (χ4v) is 2.48. The summed E-state index contributed by atoms with van der Waals surface area (Å²) in [5.41, 5.74) is 0. The molecule has 0 radical (unpaired) electrons. The van der Waals surface area contributed by atoms with Crippen molar-refractivity contribution in [1.29, 1.82) is 0 Å². The van der Waals surface area contributed by atoms with Crippen molar-refractivity contribution in [3.63, 3.8) is 0 Å². The minimum Gasteiger partial charge on any atom is -0.480 e. The van der Waals surface area contributed by atoms with Gasteiger partial charge in [0.25, 0.3) is 5.91 Å². The molecule has 1 saturated heterocycles. The van der Waals surface area contributed by atoms with Gasteiger partial charge in [-0.15, -0.1) is 0 Å². The van der Waals surface area contributed by atoms with Crippen molar-refractivity contribution in [2.45, 2.75) is 31.9 Å². The van der Waals surface area contributed by atoms with Gasteiger partial charge < -0.3 is 14.7 Å². The van der Waals surface area contributed by atoms with Crippen LogP contribution in [-0.4, -0.2) is 40.6 Å². The Bertz CT molecular complexity index is 520. The van der Waals surface area contributed by atoms with E-state index in [1.165, 1.54) is 4.90 Å². The van der Waals surface area contributed by atoms with Crippen LogP contribution < -0.4 is 4.74 Å². The molecular formula is C14H16ClNO4. The van der Waals surface area contributed by atoms with Gasteiger partial charge in [-0.1, -0.05) is 23.7 Å². The molecule has 0 aromatic heterocycles. The molecule has 5 nitrogen and oxygen atoms in total. The number of rotatable bonds is 4. The summed E-state index contributed by atoms with van der Waals surface area (Å²) in [5.74, 6) is -0.878. The molecule has 1 aliphatic heterocycles. The number of likely N-dealkylation sites (tertiary alicyclic amines) is 1. The zero-order valence-electron chi connectivity index (χ0n) is 11.1. The minimum absolute atomic E-state index is 0.324. The second-order valence-corrected chi connectivity index (χ2v) is 5.13. The summed E-state index contributed by atoms with van der Waals surface area (Å²) in [6.45, 7) is 2.05. The quantitative estimate of drug-likeness (QED) is 0.925. The van der Waals surface area contributed by atoms with Gasteiger partial charge >= 0.3 is 5.97 Å². The summed E-state index contributed by atoms with van der Waals surface area (Å²) in [6, 6.07) is 6.12. The maximum Gasteiger partial charge on any atom is 0.326 e. The molecule has 1 unspecified atom stereocenters. The van der Waals surface area contributed by atoms with Gasteiger partial charge in [-0.2, -0.15) is 0 Å². The summed E-state index contributed by atoms with van der Waals surface area (Å²) < 4.78 is 5.53. The molecular weight excluding hydrogens is 282 g/mol. The van der Waals surface area contributed by atoms with Crippen LogP contribution in [0.5, 0.6) is 5.75 Å². The highest BCUT2D eigenvalue weighted by Crippen LogP contribution is 2.25. The molecule has 0 spiro atoms. The molecule has 0 saturated carbocycles. The summed E-state index contributed by atoms with van der Waals surface area (Å²) in [5, 5.41) is 9.51. The largest absolute Gasteiger partial charge is 0.480 e. The van der Waals surface area contributed by atoms with Gasteiger partial charge in [-0.05, 0) is 31.9 Å². The number of halogens is 1. The molecule has 1 fully saturated rings. The zero-order chi connectivity index (χ0) is 14.7. The lowest BCUT2D eigenvalue weighted by molar-refractivity contribution is -0.150. The highest BCUT2D eigenvalue weighted by molar-refractivity contribution is 6.32. The molecule has 0 aliphatic carbocycles. The number of carboxylic acid groups (broad SMARTS) is 1. The maximum absolute atomic E-state index is 12.3. The van der Waals surface area contributed by atoms with E-state index in [2.05, 4.69) is 0 Å². The fourth-order valence-electron chi connectivity index (χ4n) is 2.30. The average Bonchev–Trinajstić information content (AvgIpc) is 2.89. The van der Waals surface area contributed by atoms with Crippen LogP contribution in [0.2, 0.25) is 5.02 Å². The molecule has 2 rings (SSSR count).